The quantitative estimate of drug-likeness (QED) is 0.582. The van der Waals surface area contributed by atoms with Gasteiger partial charge in [-0.25, -0.2) is 0 Å². The third kappa shape index (κ3) is 2.20. The molecule has 1 fully saturated rings. The fraction of sp³-hybridized carbons (Fsp3) is 1.00. The van der Waals surface area contributed by atoms with Crippen LogP contribution in [0.15, 0.2) is 0 Å². The first-order chi connectivity index (χ1) is 5.41. The molecule has 0 aromatic heterocycles. The molecular formula is C10H20O2. The van der Waals surface area contributed by atoms with Gasteiger partial charge in [0.1, 0.15) is 0 Å². The molecule has 0 bridgehead atoms. The Kier molecular flexibility index (Phi) is 2.79. The molecule has 0 heterocycles. The molecule has 72 valence electrons. The van der Waals surface area contributed by atoms with Crippen LogP contribution >= 0.6 is 0 Å². The van der Waals surface area contributed by atoms with E-state index >= 15 is 0 Å². The van der Waals surface area contributed by atoms with Crippen LogP contribution in [0.2, 0.25) is 0 Å². The number of aliphatic hydroxyl groups is 2. The first-order valence-corrected chi connectivity index (χ1v) is 4.77. The maximum atomic E-state index is 9.46. The molecule has 0 saturated heterocycles. The lowest BCUT2D eigenvalue weighted by Crippen LogP contribution is -2.37. The molecule has 0 spiro atoms. The Morgan fingerprint density at radius 3 is 2.00 bits per heavy atom. The molecule has 12 heavy (non-hydrogen) atoms. The molecule has 0 aliphatic heterocycles. The van der Waals surface area contributed by atoms with E-state index in [4.69, 9.17) is 0 Å². The summed E-state index contributed by atoms with van der Waals surface area (Å²) in [5.74, 6) is 0.552. The predicted octanol–water partition coefficient (Wildman–Crippen LogP) is 1.55. The van der Waals surface area contributed by atoms with Crippen LogP contribution in [0.5, 0.6) is 0 Å². The van der Waals surface area contributed by atoms with Crippen molar-refractivity contribution in [3.05, 3.63) is 0 Å². The Balaban J connectivity index is 2.51. The summed E-state index contributed by atoms with van der Waals surface area (Å²) in [7, 11) is 0. The molecule has 1 rings (SSSR count). The van der Waals surface area contributed by atoms with Gasteiger partial charge in [0.25, 0.3) is 0 Å². The van der Waals surface area contributed by atoms with E-state index in [0.29, 0.717) is 5.92 Å². The van der Waals surface area contributed by atoms with E-state index in [1.165, 1.54) is 0 Å². The van der Waals surface area contributed by atoms with E-state index in [0.717, 1.165) is 19.3 Å². The van der Waals surface area contributed by atoms with E-state index in [1.54, 1.807) is 0 Å². The summed E-state index contributed by atoms with van der Waals surface area (Å²) >= 11 is 0. The highest BCUT2D eigenvalue weighted by molar-refractivity contribution is 4.85. The van der Waals surface area contributed by atoms with E-state index in [1.807, 2.05) is 0 Å². The number of hydrogen-bond donors (Lipinski definition) is 2. The molecule has 0 radical (unpaired) electrons. The van der Waals surface area contributed by atoms with Crippen LogP contribution in [0.1, 0.15) is 40.0 Å². The normalized spacial score (nSPS) is 38.2. The highest BCUT2D eigenvalue weighted by Gasteiger charge is 2.33. The van der Waals surface area contributed by atoms with Gasteiger partial charge in [-0.15, -0.1) is 0 Å². The van der Waals surface area contributed by atoms with Crippen LogP contribution in [0.4, 0.5) is 0 Å². The standard InChI is InChI=1S/C10H20O2/c1-10(2,3)7-4-5-8(11)9(12)6-7/h7-9,11-12H,4-6H2,1-3H3/t7-,8-,9+/m1/s1. The lowest BCUT2D eigenvalue weighted by molar-refractivity contribution is -0.0432. The van der Waals surface area contributed by atoms with Gasteiger partial charge in [0, 0.05) is 0 Å². The van der Waals surface area contributed by atoms with E-state index < -0.39 is 12.2 Å². The van der Waals surface area contributed by atoms with Gasteiger partial charge in [-0.05, 0) is 30.6 Å². The fourth-order valence-electron chi connectivity index (χ4n) is 1.92. The summed E-state index contributed by atoms with van der Waals surface area (Å²) in [5, 5.41) is 18.8. The molecule has 0 amide bonds. The number of aliphatic hydroxyl groups excluding tert-OH is 2. The molecule has 2 N–H and O–H groups in total. The summed E-state index contributed by atoms with van der Waals surface area (Å²) < 4.78 is 0. The second-order valence-corrected chi connectivity index (χ2v) is 5.01. The fourth-order valence-corrected chi connectivity index (χ4v) is 1.92. The second kappa shape index (κ2) is 3.35. The highest BCUT2D eigenvalue weighted by atomic mass is 16.3. The number of hydrogen-bond acceptors (Lipinski definition) is 2. The van der Waals surface area contributed by atoms with Crippen molar-refractivity contribution in [2.75, 3.05) is 0 Å². The smallest absolute Gasteiger partial charge is 0.0801 e. The van der Waals surface area contributed by atoms with Crippen LogP contribution < -0.4 is 0 Å². The average Bonchev–Trinajstić information content (AvgIpc) is 1.92. The minimum Gasteiger partial charge on any atom is -0.390 e. The van der Waals surface area contributed by atoms with Crippen molar-refractivity contribution >= 4 is 0 Å². The monoisotopic (exact) mass is 172 g/mol. The van der Waals surface area contributed by atoms with Gasteiger partial charge in [0.2, 0.25) is 0 Å². The van der Waals surface area contributed by atoms with E-state index in [-0.39, 0.29) is 5.41 Å². The molecule has 1 aliphatic rings. The van der Waals surface area contributed by atoms with Crippen molar-refractivity contribution in [1.82, 2.24) is 0 Å². The van der Waals surface area contributed by atoms with Gasteiger partial charge in [-0.3, -0.25) is 0 Å². The predicted molar refractivity (Wildman–Crippen MR) is 48.8 cm³/mol. The average molecular weight is 172 g/mol. The first kappa shape index (κ1) is 10.0. The third-order valence-electron chi connectivity index (χ3n) is 3.01. The molecule has 2 nitrogen and oxygen atoms in total. The van der Waals surface area contributed by atoms with Crippen molar-refractivity contribution in [2.24, 2.45) is 11.3 Å². The molecule has 3 atom stereocenters. The molecule has 0 unspecified atom stereocenters. The summed E-state index contributed by atoms with van der Waals surface area (Å²) in [6.07, 6.45) is 1.57. The summed E-state index contributed by atoms with van der Waals surface area (Å²) in [6, 6.07) is 0. The minimum absolute atomic E-state index is 0.265. The van der Waals surface area contributed by atoms with Gasteiger partial charge in [0.15, 0.2) is 0 Å². The van der Waals surface area contributed by atoms with Crippen LogP contribution in [0, 0.1) is 11.3 Å². The number of rotatable bonds is 0. The molecule has 0 aromatic carbocycles. The van der Waals surface area contributed by atoms with Crippen molar-refractivity contribution in [3.63, 3.8) is 0 Å². The van der Waals surface area contributed by atoms with Crippen molar-refractivity contribution < 1.29 is 10.2 Å². The Bertz CT molecular complexity index is 148. The van der Waals surface area contributed by atoms with Crippen LogP contribution in [-0.2, 0) is 0 Å². The van der Waals surface area contributed by atoms with Gasteiger partial charge in [0.05, 0.1) is 12.2 Å². The molecule has 1 saturated carbocycles. The Morgan fingerprint density at radius 2 is 1.58 bits per heavy atom. The van der Waals surface area contributed by atoms with Gasteiger partial charge >= 0.3 is 0 Å². The summed E-state index contributed by atoms with van der Waals surface area (Å²) in [6.45, 7) is 6.59. The van der Waals surface area contributed by atoms with Gasteiger partial charge < -0.3 is 10.2 Å². The minimum atomic E-state index is -0.497. The second-order valence-electron chi connectivity index (χ2n) is 5.01. The third-order valence-corrected chi connectivity index (χ3v) is 3.01. The zero-order valence-corrected chi connectivity index (χ0v) is 8.25. The SMILES string of the molecule is CC(C)(C)[C@@H]1CC[C@@H](O)[C@@H](O)C1. The van der Waals surface area contributed by atoms with Crippen molar-refractivity contribution in [2.45, 2.75) is 52.2 Å². The van der Waals surface area contributed by atoms with Crippen LogP contribution in [-0.4, -0.2) is 22.4 Å². The van der Waals surface area contributed by atoms with Gasteiger partial charge in [-0.1, -0.05) is 20.8 Å². The lowest BCUT2D eigenvalue weighted by atomic mass is 9.71. The molecule has 1 aliphatic carbocycles. The molecule has 2 heteroatoms. The Labute approximate surface area is 74.6 Å². The zero-order chi connectivity index (χ0) is 9.35. The summed E-state index contributed by atoms with van der Waals surface area (Å²) in [5.41, 5.74) is 0.265. The molecular weight excluding hydrogens is 152 g/mol. The van der Waals surface area contributed by atoms with Crippen LogP contribution in [0.25, 0.3) is 0 Å². The maximum absolute atomic E-state index is 9.46. The summed E-state index contributed by atoms with van der Waals surface area (Å²) in [4.78, 5) is 0. The maximum Gasteiger partial charge on any atom is 0.0801 e. The Morgan fingerprint density at radius 1 is 1.00 bits per heavy atom. The highest BCUT2D eigenvalue weighted by Crippen LogP contribution is 2.37. The van der Waals surface area contributed by atoms with E-state index in [2.05, 4.69) is 20.8 Å². The Hall–Kier alpha value is -0.0800. The topological polar surface area (TPSA) is 40.5 Å². The first-order valence-electron chi connectivity index (χ1n) is 4.77. The van der Waals surface area contributed by atoms with Crippen LogP contribution in [0.3, 0.4) is 0 Å². The van der Waals surface area contributed by atoms with Gasteiger partial charge in [-0.2, -0.15) is 0 Å². The van der Waals surface area contributed by atoms with E-state index in [9.17, 15) is 10.2 Å². The zero-order valence-electron chi connectivity index (χ0n) is 8.25. The van der Waals surface area contributed by atoms with Crippen molar-refractivity contribution in [3.8, 4) is 0 Å². The lowest BCUT2D eigenvalue weighted by Gasteiger charge is -2.38. The largest absolute Gasteiger partial charge is 0.390 e. The molecule has 0 aromatic rings. The van der Waals surface area contributed by atoms with Crippen molar-refractivity contribution in [1.29, 1.82) is 0 Å².